The molecule has 1 aliphatic heterocycles. The fourth-order valence-corrected chi connectivity index (χ4v) is 4.48. The van der Waals surface area contributed by atoms with Gasteiger partial charge >= 0.3 is 0 Å². The summed E-state index contributed by atoms with van der Waals surface area (Å²) in [5.74, 6) is 0. The summed E-state index contributed by atoms with van der Waals surface area (Å²) in [6, 6.07) is -0.362. The lowest BCUT2D eigenvalue weighted by atomic mass is 10.1. The highest BCUT2D eigenvalue weighted by Crippen LogP contribution is 2.27. The number of hydrogen-bond donors (Lipinski definition) is 2. The Morgan fingerprint density at radius 1 is 1.47 bits per heavy atom. The normalized spacial score (nSPS) is 22.8. The maximum Gasteiger partial charge on any atom is 0.272 e. The molecule has 1 saturated heterocycles. The standard InChI is InChI=1S/C8H14N4O3S2/c9-7-10-11-8(16-7)17(14,15)12-4-2-1-3-6(12)5-13/h6,13H,1-5H2,(H2,9,10). The molecular weight excluding hydrogens is 264 g/mol. The van der Waals surface area contributed by atoms with Crippen molar-refractivity contribution in [2.45, 2.75) is 29.6 Å². The van der Waals surface area contributed by atoms with Gasteiger partial charge in [0.15, 0.2) is 0 Å². The molecule has 1 aromatic rings. The van der Waals surface area contributed by atoms with Crippen LogP contribution in [0.3, 0.4) is 0 Å². The highest BCUT2D eigenvalue weighted by atomic mass is 32.2. The zero-order chi connectivity index (χ0) is 12.5. The van der Waals surface area contributed by atoms with E-state index in [1.165, 1.54) is 4.31 Å². The molecule has 0 spiro atoms. The summed E-state index contributed by atoms with van der Waals surface area (Å²) in [6.45, 7) is 0.237. The Labute approximate surface area is 103 Å². The predicted octanol–water partition coefficient (Wildman–Crippen LogP) is -0.344. The van der Waals surface area contributed by atoms with Gasteiger partial charge in [0.1, 0.15) is 0 Å². The Bertz CT molecular complexity index is 487. The molecule has 1 aliphatic rings. The SMILES string of the molecule is Nc1nnc(S(=O)(=O)N2CCCCC2CO)s1. The van der Waals surface area contributed by atoms with Gasteiger partial charge < -0.3 is 10.8 Å². The van der Waals surface area contributed by atoms with E-state index in [-0.39, 0.29) is 22.1 Å². The molecule has 17 heavy (non-hydrogen) atoms. The van der Waals surface area contributed by atoms with Crippen LogP contribution in [0, 0.1) is 0 Å². The van der Waals surface area contributed by atoms with Crippen molar-refractivity contribution in [3.8, 4) is 0 Å². The number of nitrogens with two attached hydrogens (primary N) is 1. The third-order valence-corrected chi connectivity index (χ3v) is 5.79. The van der Waals surface area contributed by atoms with Gasteiger partial charge in [0.2, 0.25) is 9.47 Å². The van der Waals surface area contributed by atoms with Crippen LogP contribution in [0.2, 0.25) is 0 Å². The fraction of sp³-hybridized carbons (Fsp3) is 0.750. The summed E-state index contributed by atoms with van der Waals surface area (Å²) in [6.07, 6.45) is 2.39. The molecule has 1 atom stereocenters. The minimum absolute atomic E-state index is 0.102. The lowest BCUT2D eigenvalue weighted by Crippen LogP contribution is -2.45. The first-order valence-corrected chi connectivity index (χ1v) is 7.53. The fourth-order valence-electron chi connectivity index (χ4n) is 1.90. The van der Waals surface area contributed by atoms with Crippen LogP contribution in [-0.4, -0.2) is 47.2 Å². The molecule has 0 aliphatic carbocycles. The number of nitrogen functional groups attached to an aromatic ring is 1. The number of aliphatic hydroxyl groups is 1. The van der Waals surface area contributed by atoms with Gasteiger partial charge in [-0.1, -0.05) is 17.8 Å². The average molecular weight is 278 g/mol. The van der Waals surface area contributed by atoms with E-state index < -0.39 is 10.0 Å². The topological polar surface area (TPSA) is 109 Å². The number of aliphatic hydroxyl groups excluding tert-OH is 1. The largest absolute Gasteiger partial charge is 0.395 e. The van der Waals surface area contributed by atoms with Gasteiger partial charge in [-0.2, -0.15) is 4.31 Å². The molecule has 1 fully saturated rings. The first kappa shape index (κ1) is 12.7. The van der Waals surface area contributed by atoms with E-state index in [1.807, 2.05) is 0 Å². The maximum atomic E-state index is 12.2. The van der Waals surface area contributed by atoms with Crippen molar-refractivity contribution in [3.63, 3.8) is 0 Å². The molecule has 9 heteroatoms. The molecule has 0 amide bonds. The molecule has 0 radical (unpaired) electrons. The molecule has 0 bridgehead atoms. The number of nitrogens with zero attached hydrogens (tertiary/aromatic N) is 3. The van der Waals surface area contributed by atoms with Gasteiger partial charge in [-0.05, 0) is 12.8 Å². The van der Waals surface area contributed by atoms with Crippen LogP contribution in [-0.2, 0) is 10.0 Å². The van der Waals surface area contributed by atoms with Crippen molar-refractivity contribution in [2.75, 3.05) is 18.9 Å². The minimum Gasteiger partial charge on any atom is -0.395 e. The number of aromatic nitrogens is 2. The summed E-state index contributed by atoms with van der Waals surface area (Å²) in [5.41, 5.74) is 5.38. The number of hydrogen-bond acceptors (Lipinski definition) is 7. The summed E-state index contributed by atoms with van der Waals surface area (Å²) >= 11 is 0.845. The van der Waals surface area contributed by atoms with Crippen LogP contribution in [0.4, 0.5) is 5.13 Å². The van der Waals surface area contributed by atoms with Gasteiger partial charge in [-0.3, -0.25) is 0 Å². The van der Waals surface area contributed by atoms with Gasteiger partial charge in [0.25, 0.3) is 10.0 Å². The molecule has 1 unspecified atom stereocenters. The summed E-state index contributed by atoms with van der Waals surface area (Å²) in [7, 11) is -3.66. The minimum atomic E-state index is -3.66. The van der Waals surface area contributed by atoms with Gasteiger partial charge in [0, 0.05) is 12.6 Å². The Kier molecular flexibility index (Phi) is 3.61. The third-order valence-electron chi connectivity index (χ3n) is 2.74. The van der Waals surface area contributed by atoms with Crippen molar-refractivity contribution in [3.05, 3.63) is 0 Å². The van der Waals surface area contributed by atoms with Crippen LogP contribution >= 0.6 is 11.3 Å². The molecular formula is C8H14N4O3S2. The molecule has 2 heterocycles. The number of rotatable bonds is 3. The lowest BCUT2D eigenvalue weighted by Gasteiger charge is -2.32. The van der Waals surface area contributed by atoms with E-state index in [2.05, 4.69) is 10.2 Å². The summed E-state index contributed by atoms with van der Waals surface area (Å²) in [5, 5.41) is 16.4. The number of sulfonamides is 1. The Morgan fingerprint density at radius 2 is 2.24 bits per heavy atom. The monoisotopic (exact) mass is 278 g/mol. The first-order chi connectivity index (χ1) is 8.05. The first-order valence-electron chi connectivity index (χ1n) is 5.27. The van der Waals surface area contributed by atoms with Gasteiger partial charge in [-0.15, -0.1) is 10.2 Å². The Hall–Kier alpha value is -0.770. The second kappa shape index (κ2) is 4.84. The van der Waals surface area contributed by atoms with Crippen molar-refractivity contribution in [2.24, 2.45) is 0 Å². The van der Waals surface area contributed by atoms with Crippen molar-refractivity contribution in [1.29, 1.82) is 0 Å². The van der Waals surface area contributed by atoms with Crippen LogP contribution in [0.5, 0.6) is 0 Å². The average Bonchev–Trinajstić information content (AvgIpc) is 2.76. The molecule has 96 valence electrons. The van der Waals surface area contributed by atoms with Crippen LogP contribution < -0.4 is 5.73 Å². The molecule has 3 N–H and O–H groups in total. The third kappa shape index (κ3) is 2.41. The zero-order valence-corrected chi connectivity index (χ0v) is 10.7. The lowest BCUT2D eigenvalue weighted by molar-refractivity contribution is 0.155. The van der Waals surface area contributed by atoms with Crippen molar-refractivity contribution >= 4 is 26.5 Å². The van der Waals surface area contributed by atoms with E-state index >= 15 is 0 Å². The Balaban J connectivity index is 2.30. The second-order valence-electron chi connectivity index (χ2n) is 3.85. The second-order valence-corrected chi connectivity index (χ2v) is 6.93. The molecule has 7 nitrogen and oxygen atoms in total. The van der Waals surface area contributed by atoms with Crippen molar-refractivity contribution < 1.29 is 13.5 Å². The summed E-state index contributed by atoms with van der Waals surface area (Å²) < 4.78 is 25.7. The van der Waals surface area contributed by atoms with E-state index in [0.717, 1.165) is 24.2 Å². The quantitative estimate of drug-likeness (QED) is 0.782. The highest BCUT2D eigenvalue weighted by molar-refractivity contribution is 7.91. The van der Waals surface area contributed by atoms with E-state index in [0.29, 0.717) is 13.0 Å². The molecule has 0 saturated carbocycles. The summed E-state index contributed by atoms with van der Waals surface area (Å²) in [4.78, 5) is 0. The zero-order valence-electron chi connectivity index (χ0n) is 9.11. The number of piperidine rings is 1. The number of anilines is 1. The predicted molar refractivity (Wildman–Crippen MR) is 62.9 cm³/mol. The van der Waals surface area contributed by atoms with Crippen LogP contribution in [0.25, 0.3) is 0 Å². The van der Waals surface area contributed by atoms with Gasteiger partial charge in [-0.25, -0.2) is 8.42 Å². The molecule has 0 aromatic carbocycles. The smallest absolute Gasteiger partial charge is 0.272 e. The highest BCUT2D eigenvalue weighted by Gasteiger charge is 2.35. The van der Waals surface area contributed by atoms with Gasteiger partial charge in [0.05, 0.1) is 6.61 Å². The molecule has 2 rings (SSSR count). The molecule has 1 aromatic heterocycles. The Morgan fingerprint density at radius 3 is 2.82 bits per heavy atom. The van der Waals surface area contributed by atoms with Crippen molar-refractivity contribution in [1.82, 2.24) is 14.5 Å². The van der Waals surface area contributed by atoms with Crippen LogP contribution in [0.15, 0.2) is 4.34 Å². The van der Waals surface area contributed by atoms with E-state index in [4.69, 9.17) is 5.73 Å². The maximum absolute atomic E-state index is 12.2. The van der Waals surface area contributed by atoms with Crippen LogP contribution in [0.1, 0.15) is 19.3 Å². The van der Waals surface area contributed by atoms with E-state index in [9.17, 15) is 13.5 Å². The van der Waals surface area contributed by atoms with E-state index in [1.54, 1.807) is 0 Å².